The van der Waals surface area contributed by atoms with Crippen LogP contribution < -0.4 is 4.90 Å². The van der Waals surface area contributed by atoms with Crippen LogP contribution in [-0.4, -0.2) is 16.1 Å². The van der Waals surface area contributed by atoms with Gasteiger partial charge in [-0.1, -0.05) is 78.9 Å². The van der Waals surface area contributed by atoms with Crippen molar-refractivity contribution in [2.45, 2.75) is 12.1 Å². The summed E-state index contributed by atoms with van der Waals surface area (Å²) in [6.07, 6.45) is 0. The SMILES string of the molecule is O=C1N(Cc2ccccc2)c2ccccc2C1(O)c1c(O)ccc2ccccc12. The molecular formula is C25H19NO3. The van der Waals surface area contributed by atoms with Crippen molar-refractivity contribution in [2.75, 3.05) is 4.90 Å². The molecule has 0 spiro atoms. The molecule has 1 aliphatic heterocycles. The van der Waals surface area contributed by atoms with Gasteiger partial charge in [0.1, 0.15) is 5.75 Å². The highest BCUT2D eigenvalue weighted by molar-refractivity contribution is 6.11. The van der Waals surface area contributed by atoms with E-state index in [4.69, 9.17) is 0 Å². The number of hydrogen-bond acceptors (Lipinski definition) is 3. The fraction of sp³-hybridized carbons (Fsp3) is 0.0800. The Labute approximate surface area is 168 Å². The summed E-state index contributed by atoms with van der Waals surface area (Å²) < 4.78 is 0. The third kappa shape index (κ3) is 2.53. The van der Waals surface area contributed by atoms with Crippen LogP contribution in [0.3, 0.4) is 0 Å². The molecule has 0 saturated heterocycles. The van der Waals surface area contributed by atoms with Gasteiger partial charge in [0.15, 0.2) is 0 Å². The molecule has 29 heavy (non-hydrogen) atoms. The number of phenols is 1. The van der Waals surface area contributed by atoms with Gasteiger partial charge in [-0.15, -0.1) is 0 Å². The Morgan fingerprint density at radius 2 is 1.48 bits per heavy atom. The summed E-state index contributed by atoms with van der Waals surface area (Å²) in [7, 11) is 0. The number of phenolic OH excluding ortho intramolecular Hbond substituents is 1. The Bertz CT molecular complexity index is 1240. The summed E-state index contributed by atoms with van der Waals surface area (Å²) in [4.78, 5) is 15.2. The van der Waals surface area contributed by atoms with Crippen LogP contribution in [0.2, 0.25) is 0 Å². The molecule has 142 valence electrons. The first kappa shape index (κ1) is 17.5. The lowest BCUT2D eigenvalue weighted by molar-refractivity contribution is -0.132. The third-order valence-electron chi connectivity index (χ3n) is 5.59. The number of aromatic hydroxyl groups is 1. The van der Waals surface area contributed by atoms with E-state index < -0.39 is 11.5 Å². The van der Waals surface area contributed by atoms with Crippen LogP contribution >= 0.6 is 0 Å². The van der Waals surface area contributed by atoms with Gasteiger partial charge in [-0.05, 0) is 28.5 Å². The molecule has 5 rings (SSSR count). The van der Waals surface area contributed by atoms with Gasteiger partial charge >= 0.3 is 0 Å². The molecule has 1 amide bonds. The molecule has 1 aliphatic rings. The van der Waals surface area contributed by atoms with E-state index >= 15 is 0 Å². The van der Waals surface area contributed by atoms with E-state index in [1.165, 1.54) is 6.07 Å². The fourth-order valence-electron chi connectivity index (χ4n) is 4.24. The first-order valence-corrected chi connectivity index (χ1v) is 9.49. The summed E-state index contributed by atoms with van der Waals surface area (Å²) >= 11 is 0. The highest BCUT2D eigenvalue weighted by atomic mass is 16.3. The molecule has 1 unspecified atom stereocenters. The smallest absolute Gasteiger partial charge is 0.268 e. The molecule has 1 atom stereocenters. The number of carbonyl (C=O) groups excluding carboxylic acids is 1. The number of nitrogens with zero attached hydrogens (tertiary/aromatic N) is 1. The molecule has 4 aromatic carbocycles. The van der Waals surface area contributed by atoms with Gasteiger partial charge in [-0.25, -0.2) is 0 Å². The van der Waals surface area contributed by atoms with Crippen molar-refractivity contribution in [2.24, 2.45) is 0 Å². The molecule has 0 fully saturated rings. The molecule has 4 nitrogen and oxygen atoms in total. The van der Waals surface area contributed by atoms with Gasteiger partial charge in [0.25, 0.3) is 5.91 Å². The van der Waals surface area contributed by atoms with Crippen LogP contribution in [0, 0.1) is 0 Å². The second-order valence-corrected chi connectivity index (χ2v) is 7.29. The van der Waals surface area contributed by atoms with Crippen molar-refractivity contribution in [3.05, 3.63) is 108 Å². The minimum atomic E-state index is -1.96. The van der Waals surface area contributed by atoms with E-state index in [0.29, 0.717) is 23.2 Å². The zero-order valence-electron chi connectivity index (χ0n) is 15.6. The number of para-hydroxylation sites is 1. The normalized spacial score (nSPS) is 18.2. The molecule has 2 N–H and O–H groups in total. The lowest BCUT2D eigenvalue weighted by atomic mass is 9.84. The lowest BCUT2D eigenvalue weighted by Crippen LogP contribution is -2.41. The number of aliphatic hydroxyl groups is 1. The zero-order chi connectivity index (χ0) is 20.0. The second kappa shape index (κ2) is 6.47. The average molecular weight is 381 g/mol. The van der Waals surface area contributed by atoms with Gasteiger partial charge in [0.05, 0.1) is 12.2 Å². The van der Waals surface area contributed by atoms with Gasteiger partial charge < -0.3 is 15.1 Å². The van der Waals surface area contributed by atoms with E-state index in [9.17, 15) is 15.0 Å². The average Bonchev–Trinajstić information content (AvgIpc) is 2.97. The summed E-state index contributed by atoms with van der Waals surface area (Å²) in [5.41, 5.74) is 0.352. The molecule has 4 heteroatoms. The Kier molecular flexibility index (Phi) is 3.89. The Morgan fingerprint density at radius 3 is 2.31 bits per heavy atom. The highest BCUT2D eigenvalue weighted by Crippen LogP contribution is 2.49. The minimum absolute atomic E-state index is 0.101. The molecule has 0 saturated carbocycles. The van der Waals surface area contributed by atoms with Gasteiger partial charge in [-0.2, -0.15) is 0 Å². The number of anilines is 1. The van der Waals surface area contributed by atoms with Crippen LogP contribution in [0.25, 0.3) is 10.8 Å². The topological polar surface area (TPSA) is 60.8 Å². The predicted octanol–water partition coefficient (Wildman–Crippen LogP) is 4.33. The third-order valence-corrected chi connectivity index (χ3v) is 5.59. The quantitative estimate of drug-likeness (QED) is 0.555. The molecule has 0 aromatic heterocycles. The fourth-order valence-corrected chi connectivity index (χ4v) is 4.24. The number of carbonyl (C=O) groups is 1. The maximum atomic E-state index is 13.6. The van der Waals surface area contributed by atoms with Crippen molar-refractivity contribution in [3.8, 4) is 5.75 Å². The molecule has 0 bridgehead atoms. The number of benzene rings is 4. The molecule has 1 heterocycles. The van der Waals surface area contributed by atoms with Crippen LogP contribution in [-0.2, 0) is 16.9 Å². The van der Waals surface area contributed by atoms with E-state index in [1.807, 2.05) is 66.7 Å². The minimum Gasteiger partial charge on any atom is -0.508 e. The standard InChI is InChI=1S/C25H19NO3/c27-22-15-14-18-10-4-5-11-19(18)23(22)25(29)20-12-6-7-13-21(20)26(24(25)28)16-17-8-2-1-3-9-17/h1-15,27,29H,16H2. The van der Waals surface area contributed by atoms with Crippen molar-refractivity contribution in [1.29, 1.82) is 0 Å². The maximum absolute atomic E-state index is 13.6. The molecule has 4 aromatic rings. The molecular weight excluding hydrogens is 362 g/mol. The number of hydrogen-bond donors (Lipinski definition) is 2. The number of rotatable bonds is 3. The largest absolute Gasteiger partial charge is 0.508 e. The highest BCUT2D eigenvalue weighted by Gasteiger charge is 2.52. The van der Waals surface area contributed by atoms with Crippen molar-refractivity contribution < 1.29 is 15.0 Å². The molecule has 0 aliphatic carbocycles. The Balaban J connectivity index is 1.74. The van der Waals surface area contributed by atoms with Crippen molar-refractivity contribution in [1.82, 2.24) is 0 Å². The van der Waals surface area contributed by atoms with Crippen LogP contribution in [0.5, 0.6) is 5.75 Å². The number of fused-ring (bicyclic) bond motifs is 2. The summed E-state index contributed by atoms with van der Waals surface area (Å²) in [5.74, 6) is -0.565. The summed E-state index contributed by atoms with van der Waals surface area (Å²) in [5, 5.41) is 24.1. The first-order chi connectivity index (χ1) is 14.1. The van der Waals surface area contributed by atoms with Gasteiger partial charge in [0, 0.05) is 11.1 Å². The predicted molar refractivity (Wildman–Crippen MR) is 113 cm³/mol. The van der Waals surface area contributed by atoms with E-state index in [-0.39, 0.29) is 11.3 Å². The second-order valence-electron chi connectivity index (χ2n) is 7.29. The monoisotopic (exact) mass is 381 g/mol. The van der Waals surface area contributed by atoms with Crippen molar-refractivity contribution >= 4 is 22.4 Å². The van der Waals surface area contributed by atoms with Gasteiger partial charge in [-0.3, -0.25) is 4.79 Å². The first-order valence-electron chi connectivity index (χ1n) is 9.49. The van der Waals surface area contributed by atoms with E-state index in [0.717, 1.165) is 10.9 Å². The Hall–Kier alpha value is -3.63. The lowest BCUT2D eigenvalue weighted by Gasteiger charge is -2.26. The zero-order valence-corrected chi connectivity index (χ0v) is 15.6. The van der Waals surface area contributed by atoms with Crippen molar-refractivity contribution in [3.63, 3.8) is 0 Å². The van der Waals surface area contributed by atoms with E-state index in [1.54, 1.807) is 23.1 Å². The van der Waals surface area contributed by atoms with Crippen LogP contribution in [0.1, 0.15) is 16.7 Å². The summed E-state index contributed by atoms with van der Waals surface area (Å²) in [6, 6.07) is 27.6. The van der Waals surface area contributed by atoms with Crippen LogP contribution in [0.15, 0.2) is 91.0 Å². The van der Waals surface area contributed by atoms with E-state index in [2.05, 4.69) is 0 Å². The van der Waals surface area contributed by atoms with Gasteiger partial charge in [0.2, 0.25) is 5.60 Å². The number of amides is 1. The Morgan fingerprint density at radius 1 is 0.793 bits per heavy atom. The summed E-state index contributed by atoms with van der Waals surface area (Å²) in [6.45, 7) is 0.338. The maximum Gasteiger partial charge on any atom is 0.268 e. The van der Waals surface area contributed by atoms with Crippen LogP contribution in [0.4, 0.5) is 5.69 Å². The molecule has 0 radical (unpaired) electrons.